The lowest BCUT2D eigenvalue weighted by atomic mass is 10.1. The highest BCUT2D eigenvalue weighted by Crippen LogP contribution is 2.32. The fourth-order valence-corrected chi connectivity index (χ4v) is 4.61. The van der Waals surface area contributed by atoms with Gasteiger partial charge in [0.25, 0.3) is 11.8 Å². The van der Waals surface area contributed by atoms with E-state index in [-0.39, 0.29) is 22.7 Å². The maximum absolute atomic E-state index is 12.7. The van der Waals surface area contributed by atoms with Gasteiger partial charge in [0.15, 0.2) is 5.78 Å². The topological polar surface area (TPSA) is 85.7 Å². The Bertz CT molecular complexity index is 1510. The number of nitrogens with zero attached hydrogens (tertiary/aromatic N) is 2. The highest BCUT2D eigenvalue weighted by molar-refractivity contribution is 6.22. The summed E-state index contributed by atoms with van der Waals surface area (Å²) in [6.45, 7) is 4.88. The van der Waals surface area contributed by atoms with Crippen molar-refractivity contribution in [2.75, 3.05) is 6.54 Å². The van der Waals surface area contributed by atoms with E-state index in [0.717, 1.165) is 27.4 Å². The van der Waals surface area contributed by atoms with Gasteiger partial charge in [0.2, 0.25) is 0 Å². The van der Waals surface area contributed by atoms with E-state index in [1.807, 2.05) is 42.7 Å². The molecule has 2 amide bonds. The van der Waals surface area contributed by atoms with Crippen LogP contribution in [0.5, 0.6) is 5.75 Å². The highest BCUT2D eigenvalue weighted by atomic mass is 16.5. The Labute approximate surface area is 201 Å². The molecule has 0 aliphatic carbocycles. The maximum atomic E-state index is 12.7. The largest absolute Gasteiger partial charge is 0.425 e. The molecule has 5 rings (SSSR count). The van der Waals surface area contributed by atoms with E-state index in [0.29, 0.717) is 10.9 Å². The lowest BCUT2D eigenvalue weighted by molar-refractivity contribution is -0.134. The molecule has 7 heteroatoms. The van der Waals surface area contributed by atoms with Gasteiger partial charge < -0.3 is 9.30 Å². The molecule has 0 radical (unpaired) electrons. The zero-order chi connectivity index (χ0) is 24.9. The third-order valence-electron chi connectivity index (χ3n) is 6.22. The summed E-state index contributed by atoms with van der Waals surface area (Å²) in [5.41, 5.74) is 4.71. The molecule has 1 aliphatic rings. The summed E-state index contributed by atoms with van der Waals surface area (Å²) >= 11 is 0. The second kappa shape index (κ2) is 8.36. The van der Waals surface area contributed by atoms with Gasteiger partial charge >= 0.3 is 5.97 Å². The average Bonchev–Trinajstić information content (AvgIpc) is 3.25. The molecule has 1 aliphatic heterocycles. The highest BCUT2D eigenvalue weighted by Gasteiger charge is 2.36. The minimum Gasteiger partial charge on any atom is -0.425 e. The Hall–Kier alpha value is -4.52. The van der Waals surface area contributed by atoms with Gasteiger partial charge in [-0.2, -0.15) is 0 Å². The molecule has 0 bridgehead atoms. The molecule has 0 saturated heterocycles. The van der Waals surface area contributed by atoms with Crippen LogP contribution in [0.1, 0.15) is 49.3 Å². The zero-order valence-corrected chi connectivity index (χ0v) is 19.5. The Kier molecular flexibility index (Phi) is 5.32. The van der Waals surface area contributed by atoms with Gasteiger partial charge in [-0.1, -0.05) is 29.8 Å². The Morgan fingerprint density at radius 2 is 1.49 bits per heavy atom. The lowest BCUT2D eigenvalue weighted by Gasteiger charge is -2.13. The minimum absolute atomic E-state index is 0.104. The summed E-state index contributed by atoms with van der Waals surface area (Å²) in [6.07, 6.45) is 0. The Morgan fingerprint density at radius 1 is 0.857 bits per heavy atom. The average molecular weight is 466 g/mol. The number of rotatable bonds is 5. The fourth-order valence-electron chi connectivity index (χ4n) is 4.61. The van der Waals surface area contributed by atoms with E-state index in [2.05, 4.69) is 0 Å². The van der Waals surface area contributed by atoms with Crippen molar-refractivity contribution in [2.45, 2.75) is 20.8 Å². The van der Waals surface area contributed by atoms with Crippen LogP contribution in [0.4, 0.5) is 0 Å². The third kappa shape index (κ3) is 3.71. The van der Waals surface area contributed by atoms with E-state index in [1.54, 1.807) is 42.5 Å². The standard InChI is InChI=1S/C28H22N2O5/c1-16-8-10-19(11-9-16)30-17(2)26(18(3)31)23-14-20(12-13-24(23)30)35-25(32)15-29-27(33)21-6-4-5-7-22(21)28(29)34/h4-14H,15H2,1-3H3. The van der Waals surface area contributed by atoms with Gasteiger partial charge in [-0.25, -0.2) is 4.79 Å². The minimum atomic E-state index is -0.752. The zero-order valence-electron chi connectivity index (χ0n) is 19.5. The molecule has 0 spiro atoms. The number of hydrogen-bond donors (Lipinski definition) is 0. The number of Topliss-reactive ketones (excluding diaryl/α,β-unsaturated/α-hetero) is 1. The molecule has 2 heterocycles. The van der Waals surface area contributed by atoms with Gasteiger partial charge in [0, 0.05) is 22.3 Å². The van der Waals surface area contributed by atoms with E-state index in [4.69, 9.17) is 4.74 Å². The van der Waals surface area contributed by atoms with Crippen LogP contribution in [-0.2, 0) is 4.79 Å². The van der Waals surface area contributed by atoms with E-state index < -0.39 is 24.3 Å². The third-order valence-corrected chi connectivity index (χ3v) is 6.22. The molecule has 3 aromatic carbocycles. The predicted octanol–water partition coefficient (Wildman–Crippen LogP) is 4.65. The fraction of sp³-hybridized carbons (Fsp3) is 0.143. The first-order valence-corrected chi connectivity index (χ1v) is 11.1. The number of imide groups is 1. The normalized spacial score (nSPS) is 12.8. The summed E-state index contributed by atoms with van der Waals surface area (Å²) in [5.74, 6) is -1.68. The van der Waals surface area contributed by atoms with Crippen LogP contribution in [0.25, 0.3) is 16.6 Å². The summed E-state index contributed by atoms with van der Waals surface area (Å²) < 4.78 is 7.48. The number of aromatic nitrogens is 1. The van der Waals surface area contributed by atoms with Crippen molar-refractivity contribution in [3.05, 3.63) is 94.7 Å². The molecule has 174 valence electrons. The summed E-state index contributed by atoms with van der Waals surface area (Å²) in [5, 5.41) is 0.654. The molecular weight excluding hydrogens is 444 g/mol. The second-order valence-corrected chi connectivity index (χ2v) is 8.58. The number of esters is 1. The SMILES string of the molecule is CC(=O)c1c(C)n(-c2ccc(C)cc2)c2ccc(OC(=O)CN3C(=O)c4ccccc4C3=O)cc12. The molecule has 0 unspecified atom stereocenters. The number of carbonyl (C=O) groups excluding carboxylic acids is 4. The molecule has 4 aromatic rings. The smallest absolute Gasteiger partial charge is 0.331 e. The number of fused-ring (bicyclic) bond motifs is 2. The van der Waals surface area contributed by atoms with Crippen LogP contribution in [0.3, 0.4) is 0 Å². The maximum Gasteiger partial charge on any atom is 0.331 e. The van der Waals surface area contributed by atoms with Crippen LogP contribution in [0.15, 0.2) is 66.7 Å². The van der Waals surface area contributed by atoms with Crippen LogP contribution in [-0.4, -0.2) is 39.6 Å². The molecule has 35 heavy (non-hydrogen) atoms. The van der Waals surface area contributed by atoms with Gasteiger partial charge in [-0.05, 0) is 63.2 Å². The molecular formula is C28H22N2O5. The number of amides is 2. The number of carbonyl (C=O) groups is 4. The lowest BCUT2D eigenvalue weighted by Crippen LogP contribution is -2.36. The summed E-state index contributed by atoms with van der Waals surface area (Å²) in [4.78, 5) is 51.1. The van der Waals surface area contributed by atoms with Crippen LogP contribution in [0.2, 0.25) is 0 Å². The van der Waals surface area contributed by atoms with Crippen molar-refractivity contribution in [1.82, 2.24) is 9.47 Å². The quantitative estimate of drug-likeness (QED) is 0.185. The van der Waals surface area contributed by atoms with Crippen LogP contribution >= 0.6 is 0 Å². The van der Waals surface area contributed by atoms with Crippen molar-refractivity contribution in [3.8, 4) is 11.4 Å². The van der Waals surface area contributed by atoms with Crippen molar-refractivity contribution >= 4 is 34.5 Å². The Morgan fingerprint density at radius 3 is 2.09 bits per heavy atom. The molecule has 0 N–H and O–H groups in total. The van der Waals surface area contributed by atoms with Gasteiger partial charge in [-0.15, -0.1) is 0 Å². The van der Waals surface area contributed by atoms with E-state index in [9.17, 15) is 19.2 Å². The number of ketones is 1. The van der Waals surface area contributed by atoms with Gasteiger partial charge in [0.1, 0.15) is 12.3 Å². The Balaban J connectivity index is 1.45. The molecule has 0 atom stereocenters. The van der Waals surface area contributed by atoms with E-state index in [1.165, 1.54) is 6.92 Å². The first-order valence-electron chi connectivity index (χ1n) is 11.1. The monoisotopic (exact) mass is 466 g/mol. The summed E-state index contributed by atoms with van der Waals surface area (Å²) in [7, 11) is 0. The number of benzene rings is 3. The van der Waals surface area contributed by atoms with Crippen LogP contribution < -0.4 is 4.74 Å². The van der Waals surface area contributed by atoms with Crippen molar-refractivity contribution < 1.29 is 23.9 Å². The molecule has 0 fully saturated rings. The molecule has 7 nitrogen and oxygen atoms in total. The number of aryl methyl sites for hydroxylation is 1. The van der Waals surface area contributed by atoms with E-state index >= 15 is 0 Å². The number of hydrogen-bond acceptors (Lipinski definition) is 5. The molecule has 0 saturated carbocycles. The van der Waals surface area contributed by atoms with Crippen molar-refractivity contribution in [3.63, 3.8) is 0 Å². The van der Waals surface area contributed by atoms with Gasteiger partial charge in [-0.3, -0.25) is 19.3 Å². The molecule has 1 aromatic heterocycles. The first-order chi connectivity index (χ1) is 16.8. The second-order valence-electron chi connectivity index (χ2n) is 8.58. The first kappa shape index (κ1) is 22.3. The summed E-state index contributed by atoms with van der Waals surface area (Å²) in [6, 6.07) is 19.5. The number of ether oxygens (including phenoxy) is 1. The predicted molar refractivity (Wildman–Crippen MR) is 130 cm³/mol. The van der Waals surface area contributed by atoms with Crippen LogP contribution in [0, 0.1) is 13.8 Å². The van der Waals surface area contributed by atoms with Crippen molar-refractivity contribution in [1.29, 1.82) is 0 Å². The van der Waals surface area contributed by atoms with Crippen molar-refractivity contribution in [2.24, 2.45) is 0 Å². The van der Waals surface area contributed by atoms with Gasteiger partial charge in [0.05, 0.1) is 16.6 Å².